The van der Waals surface area contributed by atoms with E-state index in [0.29, 0.717) is 24.6 Å². The van der Waals surface area contributed by atoms with Crippen LogP contribution in [0.2, 0.25) is 0 Å². The highest BCUT2D eigenvalue weighted by atomic mass is 16.5. The van der Waals surface area contributed by atoms with Crippen LogP contribution in [0.5, 0.6) is 5.75 Å². The molecule has 88 valence electrons. The summed E-state index contributed by atoms with van der Waals surface area (Å²) < 4.78 is 10.0. The minimum absolute atomic E-state index is 0.0356. The lowest BCUT2D eigenvalue weighted by Gasteiger charge is -2.08. The highest BCUT2D eigenvalue weighted by Crippen LogP contribution is 2.16. The van der Waals surface area contributed by atoms with Crippen LogP contribution in [0.1, 0.15) is 0 Å². The van der Waals surface area contributed by atoms with Gasteiger partial charge < -0.3 is 20.5 Å². The average Bonchev–Trinajstić information content (AvgIpc) is 2.27. The van der Waals surface area contributed by atoms with Gasteiger partial charge in [-0.15, -0.1) is 0 Å². The van der Waals surface area contributed by atoms with Crippen LogP contribution in [0.4, 0.5) is 5.69 Å². The standard InChI is InChI=1S/C11H16N2O3/c1-15-8-11(14)13-9-3-2-4-10(7-9)16-6-5-12/h2-4,7H,5-6,8,12H2,1H3,(H,13,14). The lowest BCUT2D eigenvalue weighted by atomic mass is 10.3. The number of rotatable bonds is 6. The van der Waals surface area contributed by atoms with Crippen molar-refractivity contribution in [2.24, 2.45) is 5.73 Å². The number of nitrogens with one attached hydrogen (secondary N) is 1. The first kappa shape index (κ1) is 12.5. The van der Waals surface area contributed by atoms with Crippen molar-refractivity contribution in [3.05, 3.63) is 24.3 Å². The zero-order valence-corrected chi connectivity index (χ0v) is 9.23. The molecule has 16 heavy (non-hydrogen) atoms. The zero-order chi connectivity index (χ0) is 11.8. The number of carbonyl (C=O) groups excluding carboxylic acids is 1. The third kappa shape index (κ3) is 4.29. The van der Waals surface area contributed by atoms with E-state index < -0.39 is 0 Å². The number of hydrogen-bond donors (Lipinski definition) is 2. The summed E-state index contributed by atoms with van der Waals surface area (Å²) in [5.74, 6) is 0.485. The number of benzene rings is 1. The third-order valence-corrected chi connectivity index (χ3v) is 1.78. The molecule has 0 radical (unpaired) electrons. The maximum absolute atomic E-state index is 11.2. The van der Waals surface area contributed by atoms with Gasteiger partial charge in [-0.1, -0.05) is 6.07 Å². The normalized spacial score (nSPS) is 9.88. The Morgan fingerprint density at radius 3 is 3.00 bits per heavy atom. The maximum Gasteiger partial charge on any atom is 0.250 e. The van der Waals surface area contributed by atoms with Crippen molar-refractivity contribution in [1.82, 2.24) is 0 Å². The topological polar surface area (TPSA) is 73.6 Å². The largest absolute Gasteiger partial charge is 0.492 e. The number of methoxy groups -OCH3 is 1. The molecule has 0 aliphatic rings. The minimum atomic E-state index is -0.196. The van der Waals surface area contributed by atoms with E-state index in [1.54, 1.807) is 18.2 Å². The fraction of sp³-hybridized carbons (Fsp3) is 0.364. The number of nitrogens with two attached hydrogens (primary N) is 1. The number of anilines is 1. The summed E-state index contributed by atoms with van der Waals surface area (Å²) in [5.41, 5.74) is 6.00. The Morgan fingerprint density at radius 1 is 1.50 bits per heavy atom. The molecule has 1 aromatic carbocycles. The van der Waals surface area contributed by atoms with E-state index in [9.17, 15) is 4.79 Å². The molecule has 0 aliphatic carbocycles. The summed E-state index contributed by atoms with van der Waals surface area (Å²) in [5, 5.41) is 2.68. The summed E-state index contributed by atoms with van der Waals surface area (Å²) in [6.07, 6.45) is 0. The smallest absolute Gasteiger partial charge is 0.250 e. The predicted octanol–water partition coefficient (Wildman–Crippen LogP) is 0.609. The second-order valence-electron chi connectivity index (χ2n) is 3.15. The van der Waals surface area contributed by atoms with Crippen LogP contribution in [0.25, 0.3) is 0 Å². The molecule has 0 bridgehead atoms. The maximum atomic E-state index is 11.2. The first-order valence-electron chi connectivity index (χ1n) is 4.98. The molecule has 1 aromatic rings. The lowest BCUT2D eigenvalue weighted by Crippen LogP contribution is -2.17. The minimum Gasteiger partial charge on any atom is -0.492 e. The molecule has 0 heterocycles. The van der Waals surface area contributed by atoms with Crippen molar-refractivity contribution in [1.29, 1.82) is 0 Å². The van der Waals surface area contributed by atoms with Gasteiger partial charge >= 0.3 is 0 Å². The van der Waals surface area contributed by atoms with Crippen LogP contribution < -0.4 is 15.8 Å². The SMILES string of the molecule is COCC(=O)Nc1cccc(OCCN)c1. The fourth-order valence-electron chi connectivity index (χ4n) is 1.17. The van der Waals surface area contributed by atoms with E-state index in [1.165, 1.54) is 7.11 Å². The molecular weight excluding hydrogens is 208 g/mol. The van der Waals surface area contributed by atoms with Gasteiger partial charge in [0.05, 0.1) is 0 Å². The summed E-state index contributed by atoms with van der Waals surface area (Å²) in [6, 6.07) is 7.13. The molecule has 0 unspecified atom stereocenters. The van der Waals surface area contributed by atoms with Crippen molar-refractivity contribution in [3.63, 3.8) is 0 Å². The predicted molar refractivity (Wildman–Crippen MR) is 61.5 cm³/mol. The fourth-order valence-corrected chi connectivity index (χ4v) is 1.17. The summed E-state index contributed by atoms with van der Waals surface area (Å²) in [6.45, 7) is 0.948. The Hall–Kier alpha value is -1.59. The lowest BCUT2D eigenvalue weighted by molar-refractivity contribution is -0.119. The molecule has 0 saturated heterocycles. The molecular formula is C11H16N2O3. The van der Waals surface area contributed by atoms with E-state index in [0.717, 1.165) is 0 Å². The summed E-state index contributed by atoms with van der Waals surface area (Å²) in [4.78, 5) is 11.2. The van der Waals surface area contributed by atoms with Gasteiger partial charge in [0.25, 0.3) is 0 Å². The Kier molecular flexibility index (Phi) is 5.31. The van der Waals surface area contributed by atoms with Gasteiger partial charge in [-0.2, -0.15) is 0 Å². The number of amides is 1. The van der Waals surface area contributed by atoms with Gasteiger partial charge in [-0.3, -0.25) is 4.79 Å². The average molecular weight is 224 g/mol. The Bertz CT molecular complexity index is 342. The van der Waals surface area contributed by atoms with Gasteiger partial charge in [0.1, 0.15) is 19.0 Å². The van der Waals surface area contributed by atoms with E-state index in [2.05, 4.69) is 5.32 Å². The number of hydrogen-bond acceptors (Lipinski definition) is 4. The molecule has 0 atom stereocenters. The van der Waals surface area contributed by atoms with Gasteiger partial charge in [0.2, 0.25) is 5.91 Å². The monoisotopic (exact) mass is 224 g/mol. The van der Waals surface area contributed by atoms with E-state index in [4.69, 9.17) is 15.2 Å². The number of ether oxygens (including phenoxy) is 2. The second-order valence-corrected chi connectivity index (χ2v) is 3.15. The molecule has 0 aromatic heterocycles. The van der Waals surface area contributed by atoms with Crippen molar-refractivity contribution < 1.29 is 14.3 Å². The van der Waals surface area contributed by atoms with Crippen molar-refractivity contribution in [2.75, 3.05) is 32.2 Å². The van der Waals surface area contributed by atoms with Crippen LogP contribution in [0.15, 0.2) is 24.3 Å². The molecule has 0 fully saturated rings. The second kappa shape index (κ2) is 6.81. The van der Waals surface area contributed by atoms with E-state index >= 15 is 0 Å². The van der Waals surface area contributed by atoms with Crippen molar-refractivity contribution >= 4 is 11.6 Å². The molecule has 1 amide bonds. The molecule has 1 rings (SSSR count). The molecule has 3 N–H and O–H groups in total. The summed E-state index contributed by atoms with van der Waals surface area (Å²) in [7, 11) is 1.47. The zero-order valence-electron chi connectivity index (χ0n) is 9.23. The Morgan fingerprint density at radius 2 is 2.31 bits per heavy atom. The van der Waals surface area contributed by atoms with E-state index in [1.807, 2.05) is 6.07 Å². The highest BCUT2D eigenvalue weighted by molar-refractivity contribution is 5.91. The highest BCUT2D eigenvalue weighted by Gasteiger charge is 2.02. The van der Waals surface area contributed by atoms with Gasteiger partial charge in [-0.05, 0) is 12.1 Å². The molecule has 5 nitrogen and oxygen atoms in total. The Labute approximate surface area is 94.5 Å². The quantitative estimate of drug-likeness (QED) is 0.742. The first-order chi connectivity index (χ1) is 7.76. The van der Waals surface area contributed by atoms with Crippen molar-refractivity contribution in [3.8, 4) is 5.75 Å². The van der Waals surface area contributed by atoms with Gasteiger partial charge in [-0.25, -0.2) is 0 Å². The van der Waals surface area contributed by atoms with Crippen molar-refractivity contribution in [2.45, 2.75) is 0 Å². The third-order valence-electron chi connectivity index (χ3n) is 1.78. The van der Waals surface area contributed by atoms with Crippen LogP contribution in [0.3, 0.4) is 0 Å². The molecule has 0 aliphatic heterocycles. The van der Waals surface area contributed by atoms with Crippen LogP contribution in [-0.4, -0.2) is 32.8 Å². The summed E-state index contributed by atoms with van der Waals surface area (Å²) >= 11 is 0. The number of carbonyl (C=O) groups is 1. The Balaban J connectivity index is 2.56. The van der Waals surface area contributed by atoms with E-state index in [-0.39, 0.29) is 12.5 Å². The van der Waals surface area contributed by atoms with Crippen LogP contribution in [0, 0.1) is 0 Å². The van der Waals surface area contributed by atoms with Crippen LogP contribution >= 0.6 is 0 Å². The van der Waals surface area contributed by atoms with Crippen LogP contribution in [-0.2, 0) is 9.53 Å². The molecule has 5 heteroatoms. The van der Waals surface area contributed by atoms with Gasteiger partial charge in [0.15, 0.2) is 0 Å². The first-order valence-corrected chi connectivity index (χ1v) is 4.98. The van der Waals surface area contributed by atoms with Gasteiger partial charge in [0, 0.05) is 25.4 Å². The molecule has 0 spiro atoms. The molecule has 0 saturated carbocycles.